The van der Waals surface area contributed by atoms with Gasteiger partial charge in [0, 0.05) is 48.1 Å². The van der Waals surface area contributed by atoms with Gasteiger partial charge in [-0.3, -0.25) is 0 Å². The topological polar surface area (TPSA) is 121 Å². The largest absolute Gasteiger partial charge is 0.507 e. The second-order valence-electron chi connectivity index (χ2n) is 14.7. The van der Waals surface area contributed by atoms with Crippen molar-refractivity contribution < 1.29 is 30.6 Å². The number of phenolic OH excluding ortho intramolecular Hbond substituents is 3. The Labute approximate surface area is 283 Å². The standard InChI is InChI=1S/C24H34O4S2.C12H18O2S/c1-13(25)17-9-15(11-19(21(17)27)23(3,4)5)29-30-16-10-18(14(2)26)22(28)20(12-16)24(6,7)8;1-7(13)9-5-8(15)6-10(11(9)14)12(2,3)4/h9-14,25-28H,1-8H3;5-7,13-15H,1-4H3. The van der Waals surface area contributed by atoms with Gasteiger partial charge in [0.1, 0.15) is 17.2 Å². The predicted octanol–water partition coefficient (Wildman–Crippen LogP) is 9.63. The number of hydrogen-bond donors (Lipinski definition) is 7. The molecule has 0 aliphatic carbocycles. The van der Waals surface area contributed by atoms with E-state index in [4.69, 9.17) is 0 Å². The minimum absolute atomic E-state index is 0.142. The molecule has 3 atom stereocenters. The minimum atomic E-state index is -0.778. The molecule has 0 aromatic heterocycles. The Kier molecular flexibility index (Phi) is 12.9. The monoisotopic (exact) mass is 676 g/mol. The lowest BCUT2D eigenvalue weighted by Gasteiger charge is -2.25. The summed E-state index contributed by atoms with van der Waals surface area (Å²) in [5.74, 6) is 0.459. The molecule has 3 aromatic rings. The van der Waals surface area contributed by atoms with E-state index in [-0.39, 0.29) is 33.5 Å². The number of hydrogen-bond acceptors (Lipinski definition) is 9. The fourth-order valence-electron chi connectivity index (χ4n) is 4.76. The van der Waals surface area contributed by atoms with Crippen molar-refractivity contribution in [3.63, 3.8) is 0 Å². The lowest BCUT2D eigenvalue weighted by Crippen LogP contribution is -2.13. The second-order valence-corrected chi connectivity index (χ2v) is 17.5. The van der Waals surface area contributed by atoms with Gasteiger partial charge in [-0.25, -0.2) is 0 Å². The van der Waals surface area contributed by atoms with Crippen molar-refractivity contribution >= 4 is 34.2 Å². The van der Waals surface area contributed by atoms with E-state index in [0.29, 0.717) is 16.7 Å². The van der Waals surface area contributed by atoms with E-state index in [9.17, 15) is 30.6 Å². The molecule has 0 fully saturated rings. The summed E-state index contributed by atoms with van der Waals surface area (Å²) in [6, 6.07) is 11.1. The number of benzene rings is 3. The SMILES string of the molecule is CC(O)c1cc(S)cc(C(C)(C)C)c1O.CC(O)c1cc(SSc2cc(C(C)O)c(O)c(C(C)(C)C)c2)cc(C(C)(C)C)c1O. The van der Waals surface area contributed by atoms with Gasteiger partial charge in [0.25, 0.3) is 0 Å². The zero-order valence-electron chi connectivity index (χ0n) is 28.6. The van der Waals surface area contributed by atoms with Crippen molar-refractivity contribution in [3.8, 4) is 17.2 Å². The highest BCUT2D eigenvalue weighted by atomic mass is 33.1. The number of aromatic hydroxyl groups is 3. The number of aliphatic hydroxyl groups excluding tert-OH is 3. The molecule has 0 radical (unpaired) electrons. The highest BCUT2D eigenvalue weighted by molar-refractivity contribution is 8.76. The maximum Gasteiger partial charge on any atom is 0.125 e. The number of phenols is 3. The lowest BCUT2D eigenvalue weighted by atomic mass is 9.84. The van der Waals surface area contributed by atoms with Gasteiger partial charge >= 0.3 is 0 Å². The molecule has 9 heteroatoms. The van der Waals surface area contributed by atoms with Crippen molar-refractivity contribution in [3.05, 3.63) is 69.8 Å². The van der Waals surface area contributed by atoms with Crippen LogP contribution in [0.1, 0.15) is 135 Å². The molecule has 45 heavy (non-hydrogen) atoms. The third kappa shape index (κ3) is 10.2. The molecular weight excluding hydrogens is 625 g/mol. The summed E-state index contributed by atoms with van der Waals surface area (Å²) in [4.78, 5) is 2.60. The Morgan fingerprint density at radius 3 is 1.02 bits per heavy atom. The van der Waals surface area contributed by atoms with E-state index < -0.39 is 18.3 Å². The van der Waals surface area contributed by atoms with Crippen LogP contribution >= 0.6 is 34.2 Å². The van der Waals surface area contributed by atoms with Crippen LogP contribution in [0.25, 0.3) is 0 Å². The maximum atomic E-state index is 10.6. The molecule has 0 saturated carbocycles. The predicted molar refractivity (Wildman–Crippen MR) is 191 cm³/mol. The van der Waals surface area contributed by atoms with Crippen molar-refractivity contribution in [2.24, 2.45) is 0 Å². The van der Waals surface area contributed by atoms with E-state index in [1.54, 1.807) is 26.8 Å². The van der Waals surface area contributed by atoms with Gasteiger partial charge in [-0.15, -0.1) is 12.6 Å². The molecule has 0 amide bonds. The number of thiol groups is 1. The third-order valence-corrected chi connectivity index (χ3v) is 9.96. The lowest BCUT2D eigenvalue weighted by molar-refractivity contribution is 0.193. The van der Waals surface area contributed by atoms with Crippen LogP contribution < -0.4 is 0 Å². The summed E-state index contributed by atoms with van der Waals surface area (Å²) in [6.45, 7) is 23.1. The molecule has 0 saturated heterocycles. The van der Waals surface area contributed by atoms with Gasteiger partial charge in [0.05, 0.1) is 18.3 Å². The average Bonchev–Trinajstić information content (AvgIpc) is 2.87. The molecule has 0 aliphatic heterocycles. The molecule has 3 unspecified atom stereocenters. The Hall–Kier alpha value is -2.01. The quantitative estimate of drug-likeness (QED) is 0.102. The van der Waals surface area contributed by atoms with Crippen molar-refractivity contribution in [1.82, 2.24) is 0 Å². The Morgan fingerprint density at radius 2 is 0.756 bits per heavy atom. The van der Waals surface area contributed by atoms with Crippen LogP contribution in [0.4, 0.5) is 0 Å². The molecule has 0 heterocycles. The average molecular weight is 677 g/mol. The Morgan fingerprint density at radius 1 is 0.489 bits per heavy atom. The number of aliphatic hydroxyl groups is 3. The molecule has 250 valence electrons. The van der Waals surface area contributed by atoms with Crippen LogP contribution in [-0.2, 0) is 16.2 Å². The van der Waals surface area contributed by atoms with E-state index in [1.165, 1.54) is 21.6 Å². The van der Waals surface area contributed by atoms with Crippen LogP contribution in [0.5, 0.6) is 17.2 Å². The van der Waals surface area contributed by atoms with Crippen LogP contribution in [0, 0.1) is 0 Å². The molecule has 3 rings (SSSR count). The first-order valence-corrected chi connectivity index (χ1v) is 17.7. The van der Waals surface area contributed by atoms with E-state index >= 15 is 0 Å². The summed E-state index contributed by atoms with van der Waals surface area (Å²) in [5, 5.41) is 61.1. The van der Waals surface area contributed by atoms with Crippen molar-refractivity contribution in [1.29, 1.82) is 0 Å². The summed E-state index contributed by atoms with van der Waals surface area (Å²) >= 11 is 4.28. The Balaban J connectivity index is 0.000000394. The van der Waals surface area contributed by atoms with Gasteiger partial charge in [0.2, 0.25) is 0 Å². The summed E-state index contributed by atoms with van der Waals surface area (Å²) in [7, 11) is 3.04. The first-order valence-electron chi connectivity index (χ1n) is 15.1. The third-order valence-electron chi connectivity index (χ3n) is 7.36. The van der Waals surface area contributed by atoms with Gasteiger partial charge in [-0.1, -0.05) is 83.9 Å². The highest BCUT2D eigenvalue weighted by Crippen LogP contribution is 2.47. The van der Waals surface area contributed by atoms with Gasteiger partial charge < -0.3 is 30.6 Å². The summed E-state index contributed by atoms with van der Waals surface area (Å²) in [6.07, 6.45) is -2.24. The van der Waals surface area contributed by atoms with Gasteiger partial charge in [-0.2, -0.15) is 0 Å². The van der Waals surface area contributed by atoms with Crippen LogP contribution in [0.2, 0.25) is 0 Å². The zero-order valence-corrected chi connectivity index (χ0v) is 31.2. The van der Waals surface area contributed by atoms with Crippen LogP contribution in [0.15, 0.2) is 51.1 Å². The smallest absolute Gasteiger partial charge is 0.125 e. The number of rotatable bonds is 6. The minimum Gasteiger partial charge on any atom is -0.507 e. The fraction of sp³-hybridized carbons (Fsp3) is 0.500. The molecule has 0 spiro atoms. The first-order chi connectivity index (χ1) is 20.4. The normalized spacial score (nSPS) is 14.4. The second kappa shape index (κ2) is 14.8. The fourth-order valence-corrected chi connectivity index (χ4v) is 7.06. The van der Waals surface area contributed by atoms with Crippen molar-refractivity contribution in [2.75, 3.05) is 0 Å². The van der Waals surface area contributed by atoms with Gasteiger partial charge in [-0.05, 0) is 73.4 Å². The van der Waals surface area contributed by atoms with Gasteiger partial charge in [0.15, 0.2) is 0 Å². The Bertz CT molecular complexity index is 1400. The first kappa shape index (κ1) is 39.2. The molecule has 0 aliphatic rings. The molecular formula is C36H52O6S3. The van der Waals surface area contributed by atoms with E-state index in [0.717, 1.165) is 31.4 Å². The van der Waals surface area contributed by atoms with Crippen molar-refractivity contribution in [2.45, 2.75) is 132 Å². The van der Waals surface area contributed by atoms with E-state index in [1.807, 2.05) is 92.6 Å². The maximum absolute atomic E-state index is 10.6. The van der Waals surface area contributed by atoms with Crippen LogP contribution in [0.3, 0.4) is 0 Å². The van der Waals surface area contributed by atoms with E-state index in [2.05, 4.69) is 12.6 Å². The molecule has 0 bridgehead atoms. The molecule has 6 nitrogen and oxygen atoms in total. The summed E-state index contributed by atoms with van der Waals surface area (Å²) < 4.78 is 0. The molecule has 3 aromatic carbocycles. The zero-order chi connectivity index (χ0) is 34.8. The van der Waals surface area contributed by atoms with Crippen LogP contribution in [-0.4, -0.2) is 30.6 Å². The molecule has 6 N–H and O–H groups in total. The highest BCUT2D eigenvalue weighted by Gasteiger charge is 2.26. The summed E-state index contributed by atoms with van der Waals surface area (Å²) in [5.41, 5.74) is 3.24.